The fourth-order valence-electron chi connectivity index (χ4n) is 2.62. The van der Waals surface area contributed by atoms with Crippen molar-refractivity contribution in [1.29, 1.82) is 0 Å². The molecule has 5 heteroatoms. The fourth-order valence-corrected chi connectivity index (χ4v) is 2.62. The van der Waals surface area contributed by atoms with Crippen molar-refractivity contribution in [1.82, 2.24) is 10.3 Å². The molecule has 2 aromatic rings. The number of benzene rings is 1. The van der Waals surface area contributed by atoms with Crippen molar-refractivity contribution < 1.29 is 9.59 Å². The molecule has 0 saturated heterocycles. The van der Waals surface area contributed by atoms with E-state index in [1.54, 1.807) is 6.07 Å². The average molecular weight is 339 g/mol. The van der Waals surface area contributed by atoms with Gasteiger partial charge in [-0.15, -0.1) is 0 Å². The van der Waals surface area contributed by atoms with Gasteiger partial charge in [0.2, 0.25) is 0 Å². The number of aryl methyl sites for hydroxylation is 2. The molecular weight excluding hydrogens is 314 g/mol. The quantitative estimate of drug-likeness (QED) is 0.752. The van der Waals surface area contributed by atoms with Crippen LogP contribution in [-0.2, 0) is 0 Å². The zero-order valence-corrected chi connectivity index (χ0v) is 15.1. The number of carbonyl (C=O) groups excluding carboxylic acids is 2. The minimum absolute atomic E-state index is 0.182. The zero-order valence-electron chi connectivity index (χ0n) is 15.1. The van der Waals surface area contributed by atoms with Gasteiger partial charge in [-0.3, -0.25) is 14.6 Å². The smallest absolute Gasteiger partial charge is 0.274 e. The number of unbranched alkanes of at least 4 members (excludes halogenated alkanes) is 2. The van der Waals surface area contributed by atoms with Crippen molar-refractivity contribution in [3.05, 3.63) is 58.9 Å². The molecule has 0 aliphatic rings. The lowest BCUT2D eigenvalue weighted by Gasteiger charge is -2.08. The van der Waals surface area contributed by atoms with E-state index < -0.39 is 0 Å². The summed E-state index contributed by atoms with van der Waals surface area (Å²) in [5, 5.41) is 5.70. The summed E-state index contributed by atoms with van der Waals surface area (Å²) in [5.41, 5.74) is 3.53. The maximum Gasteiger partial charge on any atom is 0.274 e. The number of rotatable bonds is 7. The SMILES string of the molecule is CCCCCNC(=O)c1ccnc(C(=O)Nc2cc(C)cc(C)c2)c1. The monoisotopic (exact) mass is 339 g/mol. The predicted molar refractivity (Wildman–Crippen MR) is 100.0 cm³/mol. The van der Waals surface area contributed by atoms with Crippen molar-refractivity contribution in [2.75, 3.05) is 11.9 Å². The second kappa shape index (κ2) is 8.97. The number of pyridine rings is 1. The molecule has 2 rings (SSSR count). The van der Waals surface area contributed by atoms with Gasteiger partial charge in [-0.05, 0) is 55.7 Å². The molecule has 0 aliphatic heterocycles. The summed E-state index contributed by atoms with van der Waals surface area (Å²) in [6.45, 7) is 6.71. The van der Waals surface area contributed by atoms with Crippen molar-refractivity contribution >= 4 is 17.5 Å². The van der Waals surface area contributed by atoms with Gasteiger partial charge in [-0.1, -0.05) is 25.8 Å². The summed E-state index contributed by atoms with van der Waals surface area (Å²) in [4.78, 5) is 28.6. The van der Waals surface area contributed by atoms with Gasteiger partial charge in [0.05, 0.1) is 0 Å². The Bertz CT molecular complexity index is 736. The lowest BCUT2D eigenvalue weighted by atomic mass is 10.1. The van der Waals surface area contributed by atoms with E-state index in [2.05, 4.69) is 22.5 Å². The van der Waals surface area contributed by atoms with Crippen LogP contribution in [-0.4, -0.2) is 23.3 Å². The fraction of sp³-hybridized carbons (Fsp3) is 0.350. The van der Waals surface area contributed by atoms with Crippen LogP contribution in [0.2, 0.25) is 0 Å². The Hall–Kier alpha value is -2.69. The Morgan fingerprint density at radius 2 is 1.72 bits per heavy atom. The van der Waals surface area contributed by atoms with Crippen LogP contribution in [0.25, 0.3) is 0 Å². The second-order valence-corrected chi connectivity index (χ2v) is 6.22. The normalized spacial score (nSPS) is 10.4. The molecule has 0 unspecified atom stereocenters. The van der Waals surface area contributed by atoms with E-state index in [4.69, 9.17) is 0 Å². The Labute approximate surface area is 148 Å². The van der Waals surface area contributed by atoms with Gasteiger partial charge in [-0.25, -0.2) is 0 Å². The van der Waals surface area contributed by atoms with Crippen molar-refractivity contribution in [2.24, 2.45) is 0 Å². The number of amides is 2. The van der Waals surface area contributed by atoms with Crippen LogP contribution in [0.4, 0.5) is 5.69 Å². The van der Waals surface area contributed by atoms with Gasteiger partial charge in [-0.2, -0.15) is 0 Å². The molecule has 0 atom stereocenters. The molecule has 0 fully saturated rings. The first kappa shape index (κ1) is 18.6. The van der Waals surface area contributed by atoms with E-state index >= 15 is 0 Å². The number of carbonyl (C=O) groups is 2. The summed E-state index contributed by atoms with van der Waals surface area (Å²) in [6.07, 6.45) is 4.62. The van der Waals surface area contributed by atoms with Crippen LogP contribution in [0, 0.1) is 13.8 Å². The molecule has 132 valence electrons. The molecule has 0 saturated carbocycles. The first-order valence-corrected chi connectivity index (χ1v) is 8.63. The van der Waals surface area contributed by atoms with Gasteiger partial charge in [0.15, 0.2) is 0 Å². The third-order valence-corrected chi connectivity index (χ3v) is 3.80. The summed E-state index contributed by atoms with van der Waals surface area (Å²) in [5.74, 6) is -0.510. The highest BCUT2D eigenvalue weighted by Gasteiger charge is 2.12. The van der Waals surface area contributed by atoms with E-state index in [-0.39, 0.29) is 17.5 Å². The molecule has 2 N–H and O–H groups in total. The molecule has 5 nitrogen and oxygen atoms in total. The highest BCUT2D eigenvalue weighted by molar-refractivity contribution is 6.04. The summed E-state index contributed by atoms with van der Waals surface area (Å²) in [7, 11) is 0. The van der Waals surface area contributed by atoms with E-state index in [9.17, 15) is 9.59 Å². The van der Waals surface area contributed by atoms with Crippen LogP contribution in [0.15, 0.2) is 36.5 Å². The molecule has 0 spiro atoms. The van der Waals surface area contributed by atoms with E-state index in [1.807, 2.05) is 32.0 Å². The van der Waals surface area contributed by atoms with Gasteiger partial charge >= 0.3 is 0 Å². The summed E-state index contributed by atoms with van der Waals surface area (Å²) in [6, 6.07) is 8.97. The minimum atomic E-state index is -0.328. The standard InChI is InChI=1S/C20H25N3O2/c1-4-5-6-8-22-19(24)16-7-9-21-18(13-16)20(25)23-17-11-14(2)10-15(3)12-17/h7,9-13H,4-6,8H2,1-3H3,(H,22,24)(H,23,25). The van der Waals surface area contributed by atoms with Crippen molar-refractivity contribution in [3.63, 3.8) is 0 Å². The highest BCUT2D eigenvalue weighted by Crippen LogP contribution is 2.15. The highest BCUT2D eigenvalue weighted by atomic mass is 16.2. The average Bonchev–Trinajstić information content (AvgIpc) is 2.57. The zero-order chi connectivity index (χ0) is 18.2. The number of aromatic nitrogens is 1. The van der Waals surface area contributed by atoms with Gasteiger partial charge in [0.1, 0.15) is 5.69 Å². The molecular formula is C20H25N3O2. The molecule has 0 radical (unpaired) electrons. The van der Waals surface area contributed by atoms with Crippen LogP contribution >= 0.6 is 0 Å². The largest absolute Gasteiger partial charge is 0.352 e. The molecule has 1 heterocycles. The van der Waals surface area contributed by atoms with Crippen LogP contribution < -0.4 is 10.6 Å². The maximum absolute atomic E-state index is 12.4. The Morgan fingerprint density at radius 1 is 1.00 bits per heavy atom. The van der Waals surface area contributed by atoms with Crippen LogP contribution in [0.3, 0.4) is 0 Å². The summed E-state index contributed by atoms with van der Waals surface area (Å²) < 4.78 is 0. The number of nitrogens with one attached hydrogen (secondary N) is 2. The van der Waals surface area contributed by atoms with Crippen LogP contribution in [0.5, 0.6) is 0 Å². The molecule has 1 aromatic carbocycles. The van der Waals surface area contributed by atoms with Gasteiger partial charge in [0.25, 0.3) is 11.8 Å². The first-order chi connectivity index (χ1) is 12.0. The molecule has 2 amide bonds. The second-order valence-electron chi connectivity index (χ2n) is 6.22. The molecule has 25 heavy (non-hydrogen) atoms. The molecule has 1 aromatic heterocycles. The van der Waals surface area contributed by atoms with E-state index in [0.29, 0.717) is 12.1 Å². The topological polar surface area (TPSA) is 71.1 Å². The lowest BCUT2D eigenvalue weighted by Crippen LogP contribution is -2.25. The number of hydrogen-bond donors (Lipinski definition) is 2. The Morgan fingerprint density at radius 3 is 2.40 bits per heavy atom. The lowest BCUT2D eigenvalue weighted by molar-refractivity contribution is 0.0953. The maximum atomic E-state index is 12.4. The third kappa shape index (κ3) is 5.71. The van der Waals surface area contributed by atoms with E-state index in [1.165, 1.54) is 12.3 Å². The minimum Gasteiger partial charge on any atom is -0.352 e. The first-order valence-electron chi connectivity index (χ1n) is 8.63. The number of hydrogen-bond acceptors (Lipinski definition) is 3. The Balaban J connectivity index is 2.04. The number of nitrogens with zero attached hydrogens (tertiary/aromatic N) is 1. The van der Waals surface area contributed by atoms with Crippen molar-refractivity contribution in [2.45, 2.75) is 40.0 Å². The molecule has 0 bridgehead atoms. The van der Waals surface area contributed by atoms with Crippen LogP contribution in [0.1, 0.15) is 58.2 Å². The third-order valence-electron chi connectivity index (χ3n) is 3.80. The molecule has 0 aliphatic carbocycles. The Kier molecular flexibility index (Phi) is 6.69. The van der Waals surface area contributed by atoms with Crippen molar-refractivity contribution in [3.8, 4) is 0 Å². The van der Waals surface area contributed by atoms with Gasteiger partial charge < -0.3 is 10.6 Å². The summed E-state index contributed by atoms with van der Waals surface area (Å²) >= 11 is 0. The predicted octanol–water partition coefficient (Wildman–Crippen LogP) is 3.87. The number of anilines is 1. The van der Waals surface area contributed by atoms with Gasteiger partial charge in [0, 0.05) is 24.0 Å². The van der Waals surface area contributed by atoms with E-state index in [0.717, 1.165) is 36.1 Å².